The Balaban J connectivity index is 2.21. The van der Waals surface area contributed by atoms with E-state index in [1.807, 2.05) is 6.92 Å². The van der Waals surface area contributed by atoms with Crippen molar-refractivity contribution in [2.75, 3.05) is 0 Å². The van der Waals surface area contributed by atoms with Gasteiger partial charge in [-0.1, -0.05) is 17.7 Å². The lowest BCUT2D eigenvalue weighted by Crippen LogP contribution is -2.12. The Labute approximate surface area is 109 Å². The number of carbonyl (C=O) groups excluding carboxylic acids is 1. The van der Waals surface area contributed by atoms with Crippen molar-refractivity contribution in [3.8, 4) is 0 Å². The summed E-state index contributed by atoms with van der Waals surface area (Å²) >= 11 is 5.89. The Morgan fingerprint density at radius 2 is 2.28 bits per heavy atom. The van der Waals surface area contributed by atoms with Crippen LogP contribution in [-0.2, 0) is 13.0 Å². The second kappa shape index (κ2) is 5.31. The number of rotatable bonds is 4. The molecule has 0 spiro atoms. The molecule has 18 heavy (non-hydrogen) atoms. The fourth-order valence-corrected chi connectivity index (χ4v) is 1.97. The van der Waals surface area contributed by atoms with Crippen LogP contribution >= 0.6 is 11.6 Å². The van der Waals surface area contributed by atoms with Crippen LogP contribution in [0.2, 0.25) is 5.02 Å². The van der Waals surface area contributed by atoms with Crippen molar-refractivity contribution in [1.82, 2.24) is 9.55 Å². The summed E-state index contributed by atoms with van der Waals surface area (Å²) in [7, 11) is 0. The van der Waals surface area contributed by atoms with Crippen molar-refractivity contribution in [2.45, 2.75) is 19.9 Å². The van der Waals surface area contributed by atoms with Gasteiger partial charge in [0.2, 0.25) is 5.78 Å². The van der Waals surface area contributed by atoms with Crippen LogP contribution in [0.1, 0.15) is 23.1 Å². The highest BCUT2D eigenvalue weighted by Crippen LogP contribution is 2.19. The summed E-state index contributed by atoms with van der Waals surface area (Å²) in [5.74, 6) is -0.139. The first kappa shape index (κ1) is 12.8. The minimum Gasteiger partial charge on any atom is -0.329 e. The molecule has 3 nitrogen and oxygen atoms in total. The molecule has 0 bridgehead atoms. The van der Waals surface area contributed by atoms with Gasteiger partial charge in [0.25, 0.3) is 0 Å². The Hall–Kier alpha value is -1.68. The molecule has 0 fully saturated rings. The maximum atomic E-state index is 12.9. The lowest BCUT2D eigenvalue weighted by atomic mass is 10.1. The first-order valence-electron chi connectivity index (χ1n) is 5.60. The second-order valence-corrected chi connectivity index (χ2v) is 4.28. The Kier molecular flexibility index (Phi) is 3.77. The number of halogens is 2. The molecule has 0 radical (unpaired) electrons. The van der Waals surface area contributed by atoms with Gasteiger partial charge in [0.05, 0.1) is 0 Å². The average Bonchev–Trinajstić information content (AvgIpc) is 2.81. The zero-order chi connectivity index (χ0) is 13.1. The van der Waals surface area contributed by atoms with Gasteiger partial charge >= 0.3 is 0 Å². The summed E-state index contributed by atoms with van der Waals surface area (Å²) < 4.78 is 14.7. The van der Waals surface area contributed by atoms with Crippen LogP contribution in [0.25, 0.3) is 0 Å². The molecule has 0 aliphatic carbocycles. The van der Waals surface area contributed by atoms with Gasteiger partial charge in [-0.15, -0.1) is 0 Å². The lowest BCUT2D eigenvalue weighted by Gasteiger charge is -2.05. The minimum atomic E-state index is -0.411. The van der Waals surface area contributed by atoms with E-state index in [1.54, 1.807) is 17.0 Å². The third-order valence-corrected chi connectivity index (χ3v) is 3.02. The first-order valence-corrected chi connectivity index (χ1v) is 5.98. The molecule has 0 atom stereocenters. The molecule has 0 amide bonds. The van der Waals surface area contributed by atoms with E-state index in [1.165, 1.54) is 18.2 Å². The number of nitrogens with zero attached hydrogens (tertiary/aromatic N) is 2. The topological polar surface area (TPSA) is 34.9 Å². The molecule has 2 aromatic rings. The Morgan fingerprint density at radius 1 is 1.50 bits per heavy atom. The van der Waals surface area contributed by atoms with E-state index in [0.717, 1.165) is 0 Å². The standard InChI is InChI=1S/C13H12ClFN2O/c1-2-17-6-5-16-13(17)12(18)7-9-3-4-10(15)8-11(9)14/h3-6,8H,2,7H2,1H3. The quantitative estimate of drug-likeness (QED) is 0.797. The zero-order valence-electron chi connectivity index (χ0n) is 9.86. The fraction of sp³-hybridized carbons (Fsp3) is 0.231. The van der Waals surface area contributed by atoms with Crippen LogP contribution in [0, 0.1) is 5.82 Å². The van der Waals surface area contributed by atoms with Crippen LogP contribution in [0.5, 0.6) is 0 Å². The monoisotopic (exact) mass is 266 g/mol. The molecule has 1 heterocycles. The number of hydrogen-bond acceptors (Lipinski definition) is 2. The summed E-state index contributed by atoms with van der Waals surface area (Å²) in [6.07, 6.45) is 3.46. The maximum Gasteiger partial charge on any atom is 0.202 e. The van der Waals surface area contributed by atoms with Crippen LogP contribution in [0.15, 0.2) is 30.6 Å². The van der Waals surface area contributed by atoms with Gasteiger partial charge in [-0.3, -0.25) is 4.79 Å². The van der Waals surface area contributed by atoms with E-state index in [2.05, 4.69) is 4.98 Å². The van der Waals surface area contributed by atoms with Crippen molar-refractivity contribution in [3.63, 3.8) is 0 Å². The molecule has 94 valence electrons. The predicted molar refractivity (Wildman–Crippen MR) is 67.3 cm³/mol. The largest absolute Gasteiger partial charge is 0.329 e. The molecule has 0 saturated heterocycles. The van der Waals surface area contributed by atoms with Gasteiger partial charge < -0.3 is 4.57 Å². The molecule has 0 N–H and O–H groups in total. The Morgan fingerprint density at radius 3 is 2.94 bits per heavy atom. The highest BCUT2D eigenvalue weighted by molar-refractivity contribution is 6.31. The van der Waals surface area contributed by atoms with Gasteiger partial charge in [-0.2, -0.15) is 0 Å². The molecule has 2 rings (SSSR count). The number of hydrogen-bond donors (Lipinski definition) is 0. The number of Topliss-reactive ketones (excluding diaryl/α,β-unsaturated/α-hetero) is 1. The first-order chi connectivity index (χ1) is 8.61. The van der Waals surface area contributed by atoms with Crippen LogP contribution in [0.3, 0.4) is 0 Å². The van der Waals surface area contributed by atoms with Gasteiger partial charge in [-0.05, 0) is 24.6 Å². The van der Waals surface area contributed by atoms with Crippen LogP contribution in [-0.4, -0.2) is 15.3 Å². The number of benzene rings is 1. The van der Waals surface area contributed by atoms with Crippen molar-refractivity contribution in [2.24, 2.45) is 0 Å². The fourth-order valence-electron chi connectivity index (χ4n) is 1.73. The molecular formula is C13H12ClFN2O. The zero-order valence-corrected chi connectivity index (χ0v) is 10.6. The molecule has 1 aromatic heterocycles. The maximum absolute atomic E-state index is 12.9. The summed E-state index contributed by atoms with van der Waals surface area (Å²) in [6.45, 7) is 2.61. The summed E-state index contributed by atoms with van der Waals surface area (Å²) in [5, 5.41) is 0.262. The SMILES string of the molecule is CCn1ccnc1C(=O)Cc1ccc(F)cc1Cl. The second-order valence-electron chi connectivity index (χ2n) is 3.87. The van der Waals surface area contributed by atoms with E-state index in [9.17, 15) is 9.18 Å². The van der Waals surface area contributed by atoms with Crippen molar-refractivity contribution in [1.29, 1.82) is 0 Å². The summed E-state index contributed by atoms with van der Waals surface area (Å²) in [4.78, 5) is 16.1. The number of aryl methyl sites for hydroxylation is 1. The van der Waals surface area contributed by atoms with Crippen molar-refractivity contribution in [3.05, 3.63) is 52.8 Å². The molecule has 0 saturated carbocycles. The van der Waals surface area contributed by atoms with Gasteiger partial charge in [0.1, 0.15) is 5.82 Å². The van der Waals surface area contributed by atoms with E-state index in [-0.39, 0.29) is 17.2 Å². The van der Waals surface area contributed by atoms with Crippen LogP contribution < -0.4 is 0 Å². The molecule has 0 unspecified atom stereocenters. The molecule has 0 aliphatic rings. The van der Waals surface area contributed by atoms with Gasteiger partial charge in [-0.25, -0.2) is 9.37 Å². The van der Waals surface area contributed by atoms with Crippen LogP contribution in [0.4, 0.5) is 4.39 Å². The molecule has 5 heteroatoms. The van der Waals surface area contributed by atoms with Crippen molar-refractivity contribution >= 4 is 17.4 Å². The highest BCUT2D eigenvalue weighted by atomic mass is 35.5. The van der Waals surface area contributed by atoms with E-state index in [0.29, 0.717) is 17.9 Å². The van der Waals surface area contributed by atoms with Gasteiger partial charge in [0, 0.05) is 30.4 Å². The molecule has 0 aliphatic heterocycles. The van der Waals surface area contributed by atoms with E-state index < -0.39 is 5.82 Å². The van der Waals surface area contributed by atoms with Crippen molar-refractivity contribution < 1.29 is 9.18 Å². The minimum absolute atomic E-state index is 0.121. The summed E-state index contributed by atoms with van der Waals surface area (Å²) in [5.41, 5.74) is 0.605. The average molecular weight is 267 g/mol. The smallest absolute Gasteiger partial charge is 0.202 e. The third kappa shape index (κ3) is 2.59. The Bertz CT molecular complexity index is 580. The third-order valence-electron chi connectivity index (χ3n) is 2.67. The highest BCUT2D eigenvalue weighted by Gasteiger charge is 2.14. The van der Waals surface area contributed by atoms with E-state index in [4.69, 9.17) is 11.6 Å². The molecular weight excluding hydrogens is 255 g/mol. The number of ketones is 1. The van der Waals surface area contributed by atoms with E-state index >= 15 is 0 Å². The lowest BCUT2D eigenvalue weighted by molar-refractivity contribution is 0.0979. The number of imidazole rings is 1. The number of aromatic nitrogens is 2. The van der Waals surface area contributed by atoms with Gasteiger partial charge in [0.15, 0.2) is 5.82 Å². The normalized spacial score (nSPS) is 10.6. The molecule has 1 aromatic carbocycles. The number of carbonyl (C=O) groups is 1. The predicted octanol–water partition coefficient (Wildman–Crippen LogP) is 3.12. The summed E-state index contributed by atoms with van der Waals surface area (Å²) in [6, 6.07) is 4.02.